The third-order valence-electron chi connectivity index (χ3n) is 3.56. The van der Waals surface area contributed by atoms with Crippen LogP contribution < -0.4 is 5.32 Å². The predicted molar refractivity (Wildman–Crippen MR) is 98.0 cm³/mol. The van der Waals surface area contributed by atoms with Crippen LogP contribution in [0.25, 0.3) is 10.2 Å². The highest BCUT2D eigenvalue weighted by atomic mass is 32.1. The van der Waals surface area contributed by atoms with E-state index in [1.807, 2.05) is 18.2 Å². The second-order valence-electron chi connectivity index (χ2n) is 5.17. The quantitative estimate of drug-likeness (QED) is 0.562. The number of fused-ring (bicyclic) bond motifs is 1. The first-order valence-electron chi connectivity index (χ1n) is 7.57. The molecule has 3 rings (SSSR count). The van der Waals surface area contributed by atoms with Gasteiger partial charge in [0.1, 0.15) is 7.11 Å². The lowest BCUT2D eigenvalue weighted by atomic mass is 10.1. The first kappa shape index (κ1) is 16.1. The molecule has 3 aromatic rings. The van der Waals surface area contributed by atoms with Crippen molar-refractivity contribution in [2.24, 2.45) is 5.16 Å². The van der Waals surface area contributed by atoms with Crippen LogP contribution in [0.3, 0.4) is 0 Å². The average Bonchev–Trinajstić information content (AvgIpc) is 3.01. The standard InChI is InChI=1S/C18H17N3O2S/c1-3-12-6-9-15-16(10-12)24-18(20-15)21-17(22)14-7-4-13(5-8-14)11-19-23-2/h4-11H,3H2,1-2H3,(H,20,21,22)/b19-11-. The molecule has 24 heavy (non-hydrogen) atoms. The van der Waals surface area contributed by atoms with Crippen LogP contribution in [-0.2, 0) is 11.3 Å². The van der Waals surface area contributed by atoms with Crippen molar-refractivity contribution >= 4 is 38.8 Å². The molecule has 6 heteroatoms. The largest absolute Gasteiger partial charge is 0.399 e. The highest BCUT2D eigenvalue weighted by molar-refractivity contribution is 7.22. The number of rotatable bonds is 5. The van der Waals surface area contributed by atoms with E-state index in [2.05, 4.69) is 39.4 Å². The maximum atomic E-state index is 12.3. The van der Waals surface area contributed by atoms with Crippen LogP contribution in [0.1, 0.15) is 28.4 Å². The van der Waals surface area contributed by atoms with Crippen molar-refractivity contribution in [3.8, 4) is 0 Å². The summed E-state index contributed by atoms with van der Waals surface area (Å²) >= 11 is 1.48. The van der Waals surface area contributed by atoms with Crippen molar-refractivity contribution in [2.45, 2.75) is 13.3 Å². The van der Waals surface area contributed by atoms with E-state index in [0.29, 0.717) is 10.7 Å². The van der Waals surface area contributed by atoms with Crippen LogP contribution >= 0.6 is 11.3 Å². The Balaban J connectivity index is 1.75. The summed E-state index contributed by atoms with van der Waals surface area (Å²) < 4.78 is 1.08. The third kappa shape index (κ3) is 3.60. The number of aromatic nitrogens is 1. The summed E-state index contributed by atoms with van der Waals surface area (Å²) in [7, 11) is 1.49. The number of nitrogens with one attached hydrogen (secondary N) is 1. The smallest absolute Gasteiger partial charge is 0.257 e. The van der Waals surface area contributed by atoms with Gasteiger partial charge in [-0.2, -0.15) is 0 Å². The second-order valence-corrected chi connectivity index (χ2v) is 6.20. The van der Waals surface area contributed by atoms with Crippen molar-refractivity contribution in [1.29, 1.82) is 0 Å². The lowest BCUT2D eigenvalue weighted by molar-refractivity contribution is 0.102. The van der Waals surface area contributed by atoms with Crippen molar-refractivity contribution in [1.82, 2.24) is 4.98 Å². The first-order valence-corrected chi connectivity index (χ1v) is 8.38. The fourth-order valence-electron chi connectivity index (χ4n) is 2.25. The number of hydrogen-bond acceptors (Lipinski definition) is 5. The van der Waals surface area contributed by atoms with Gasteiger partial charge in [0.25, 0.3) is 5.91 Å². The van der Waals surface area contributed by atoms with E-state index < -0.39 is 0 Å². The summed E-state index contributed by atoms with van der Waals surface area (Å²) in [5.41, 5.74) is 3.59. The molecular weight excluding hydrogens is 322 g/mol. The second kappa shape index (κ2) is 7.23. The number of nitrogens with zero attached hydrogens (tertiary/aromatic N) is 2. The number of carbonyl (C=O) groups excluding carboxylic acids is 1. The molecule has 122 valence electrons. The number of carbonyl (C=O) groups is 1. The van der Waals surface area contributed by atoms with Crippen molar-refractivity contribution in [2.75, 3.05) is 12.4 Å². The van der Waals surface area contributed by atoms with Crippen LogP contribution in [0.5, 0.6) is 0 Å². The molecule has 0 aliphatic heterocycles. The number of aryl methyl sites for hydroxylation is 1. The fourth-order valence-corrected chi connectivity index (χ4v) is 3.17. The molecule has 0 fully saturated rings. The van der Waals surface area contributed by atoms with Gasteiger partial charge in [-0.25, -0.2) is 4.98 Å². The summed E-state index contributed by atoms with van der Waals surface area (Å²) in [5, 5.41) is 7.15. The van der Waals surface area contributed by atoms with Gasteiger partial charge in [-0.05, 0) is 41.8 Å². The Bertz CT molecular complexity index is 885. The Morgan fingerprint density at radius 1 is 1.29 bits per heavy atom. The predicted octanol–water partition coefficient (Wildman–Crippen LogP) is 4.09. The summed E-state index contributed by atoms with van der Waals surface area (Å²) in [6.07, 6.45) is 2.56. The Morgan fingerprint density at radius 3 is 2.79 bits per heavy atom. The van der Waals surface area contributed by atoms with Gasteiger partial charge >= 0.3 is 0 Å². The van der Waals surface area contributed by atoms with E-state index in [9.17, 15) is 4.79 Å². The van der Waals surface area contributed by atoms with E-state index in [4.69, 9.17) is 0 Å². The Hall–Kier alpha value is -2.73. The average molecular weight is 339 g/mol. The lowest BCUT2D eigenvalue weighted by Crippen LogP contribution is -2.11. The van der Waals surface area contributed by atoms with Gasteiger partial charge in [0.2, 0.25) is 0 Å². The zero-order valence-electron chi connectivity index (χ0n) is 13.4. The minimum Gasteiger partial charge on any atom is -0.399 e. The molecule has 1 heterocycles. The van der Waals surface area contributed by atoms with Gasteiger partial charge in [-0.3, -0.25) is 10.1 Å². The van der Waals surface area contributed by atoms with Crippen LogP contribution in [0.4, 0.5) is 5.13 Å². The van der Waals surface area contributed by atoms with E-state index in [0.717, 1.165) is 22.2 Å². The molecule has 5 nitrogen and oxygen atoms in total. The van der Waals surface area contributed by atoms with Crippen LogP contribution in [0, 0.1) is 0 Å². The van der Waals surface area contributed by atoms with Gasteiger partial charge in [0.05, 0.1) is 16.4 Å². The molecule has 0 radical (unpaired) electrons. The number of oxime groups is 1. The topological polar surface area (TPSA) is 63.6 Å². The van der Waals surface area contributed by atoms with E-state index in [-0.39, 0.29) is 5.91 Å². The highest BCUT2D eigenvalue weighted by Crippen LogP contribution is 2.27. The third-order valence-corrected chi connectivity index (χ3v) is 4.50. The molecule has 0 atom stereocenters. The molecular formula is C18H17N3O2S. The molecule has 0 aliphatic rings. The number of hydrogen-bond donors (Lipinski definition) is 1. The van der Waals surface area contributed by atoms with E-state index in [1.54, 1.807) is 18.3 Å². The monoisotopic (exact) mass is 339 g/mol. The maximum absolute atomic E-state index is 12.3. The molecule has 1 aromatic heterocycles. The summed E-state index contributed by atoms with van der Waals surface area (Å²) in [6, 6.07) is 13.3. The molecule has 0 saturated carbocycles. The lowest BCUT2D eigenvalue weighted by Gasteiger charge is -2.01. The maximum Gasteiger partial charge on any atom is 0.257 e. The number of amides is 1. The van der Waals surface area contributed by atoms with Crippen LogP contribution in [-0.4, -0.2) is 24.2 Å². The SMILES string of the molecule is CCc1ccc2nc(NC(=O)c3ccc(/C=N\OC)cc3)sc2c1. The van der Waals surface area contributed by atoms with Gasteiger partial charge < -0.3 is 4.84 Å². The number of benzene rings is 2. The van der Waals surface area contributed by atoms with E-state index in [1.165, 1.54) is 24.0 Å². The molecule has 1 N–H and O–H groups in total. The molecule has 1 amide bonds. The fraction of sp³-hybridized carbons (Fsp3) is 0.167. The molecule has 0 saturated heterocycles. The van der Waals surface area contributed by atoms with Crippen molar-refractivity contribution in [3.05, 3.63) is 59.2 Å². The van der Waals surface area contributed by atoms with Crippen LogP contribution in [0.15, 0.2) is 47.6 Å². The summed E-state index contributed by atoms with van der Waals surface area (Å²) in [4.78, 5) is 21.4. The van der Waals surface area contributed by atoms with Gasteiger partial charge in [-0.1, -0.05) is 41.6 Å². The molecule has 0 unspecified atom stereocenters. The summed E-state index contributed by atoms with van der Waals surface area (Å²) in [6.45, 7) is 2.12. The Morgan fingerprint density at radius 2 is 2.08 bits per heavy atom. The molecule has 0 bridgehead atoms. The van der Waals surface area contributed by atoms with Gasteiger partial charge in [-0.15, -0.1) is 0 Å². The Kier molecular flexibility index (Phi) is 4.86. The van der Waals surface area contributed by atoms with Crippen LogP contribution in [0.2, 0.25) is 0 Å². The number of thiazole rings is 1. The Labute approximate surface area is 144 Å². The minimum absolute atomic E-state index is 0.181. The normalized spacial score (nSPS) is 11.1. The van der Waals surface area contributed by atoms with Crippen molar-refractivity contribution in [3.63, 3.8) is 0 Å². The van der Waals surface area contributed by atoms with E-state index >= 15 is 0 Å². The molecule has 0 spiro atoms. The molecule has 0 aliphatic carbocycles. The van der Waals surface area contributed by atoms with Gasteiger partial charge in [0.15, 0.2) is 5.13 Å². The first-order chi connectivity index (χ1) is 11.7. The minimum atomic E-state index is -0.181. The highest BCUT2D eigenvalue weighted by Gasteiger charge is 2.10. The summed E-state index contributed by atoms with van der Waals surface area (Å²) in [5.74, 6) is -0.181. The van der Waals surface area contributed by atoms with Crippen molar-refractivity contribution < 1.29 is 9.63 Å². The zero-order chi connectivity index (χ0) is 16.9. The zero-order valence-corrected chi connectivity index (χ0v) is 14.3. The van der Waals surface area contributed by atoms with Gasteiger partial charge in [0, 0.05) is 5.56 Å². The molecule has 2 aromatic carbocycles. The number of anilines is 1.